The number of rotatable bonds is 4. The molecule has 0 aromatic heterocycles. The summed E-state index contributed by atoms with van der Waals surface area (Å²) < 4.78 is 0. The number of amides is 1. The third kappa shape index (κ3) is 3.82. The number of nitrogens with zero attached hydrogens (tertiary/aromatic N) is 1. The number of hydrogen-bond donors (Lipinski definition) is 1. The summed E-state index contributed by atoms with van der Waals surface area (Å²) in [5.41, 5.74) is 6.08. The maximum absolute atomic E-state index is 11.7. The van der Waals surface area contributed by atoms with Gasteiger partial charge in [0.2, 0.25) is 5.91 Å². The molecule has 0 aromatic carbocycles. The van der Waals surface area contributed by atoms with E-state index in [0.29, 0.717) is 18.2 Å². The molecule has 15 heavy (non-hydrogen) atoms. The van der Waals surface area contributed by atoms with E-state index >= 15 is 0 Å². The van der Waals surface area contributed by atoms with E-state index in [1.807, 2.05) is 4.90 Å². The van der Waals surface area contributed by atoms with Crippen LogP contribution in [0.5, 0.6) is 0 Å². The summed E-state index contributed by atoms with van der Waals surface area (Å²) >= 11 is 0. The molecule has 1 aliphatic heterocycles. The minimum Gasteiger partial charge on any atom is -0.341 e. The first-order valence-electron chi connectivity index (χ1n) is 6.18. The predicted molar refractivity (Wildman–Crippen MR) is 62.5 cm³/mol. The van der Waals surface area contributed by atoms with E-state index < -0.39 is 0 Å². The van der Waals surface area contributed by atoms with Crippen molar-refractivity contribution >= 4 is 5.91 Å². The van der Waals surface area contributed by atoms with Crippen molar-refractivity contribution in [2.24, 2.45) is 11.7 Å². The summed E-state index contributed by atoms with van der Waals surface area (Å²) in [5, 5.41) is 0. The van der Waals surface area contributed by atoms with E-state index in [2.05, 4.69) is 13.8 Å². The second kappa shape index (κ2) is 6.11. The second-order valence-electron chi connectivity index (χ2n) is 4.70. The third-order valence-electron chi connectivity index (χ3n) is 3.48. The Kier molecular flexibility index (Phi) is 5.09. The Morgan fingerprint density at radius 3 is 2.80 bits per heavy atom. The average Bonchev–Trinajstić information content (AvgIpc) is 2.43. The molecule has 2 atom stereocenters. The third-order valence-corrected chi connectivity index (χ3v) is 3.48. The van der Waals surface area contributed by atoms with Gasteiger partial charge >= 0.3 is 0 Å². The lowest BCUT2D eigenvalue weighted by Crippen LogP contribution is -2.43. The first-order chi connectivity index (χ1) is 7.15. The first-order valence-corrected chi connectivity index (χ1v) is 6.18. The number of nitrogens with two attached hydrogens (primary N) is 1. The number of carbonyl (C=O) groups is 1. The monoisotopic (exact) mass is 212 g/mol. The standard InChI is InChI=1S/C12H24N2O/c1-3-10(2)11(13)9-14-8-6-4-5-7-12(14)15/h10-11H,3-9,13H2,1-2H3. The zero-order chi connectivity index (χ0) is 11.3. The van der Waals surface area contributed by atoms with Gasteiger partial charge in [-0.15, -0.1) is 0 Å². The Morgan fingerprint density at radius 2 is 2.13 bits per heavy atom. The summed E-state index contributed by atoms with van der Waals surface area (Å²) in [6.45, 7) is 5.96. The van der Waals surface area contributed by atoms with Crippen LogP contribution >= 0.6 is 0 Å². The highest BCUT2D eigenvalue weighted by Crippen LogP contribution is 2.13. The van der Waals surface area contributed by atoms with Crippen molar-refractivity contribution in [3.63, 3.8) is 0 Å². The molecule has 3 heteroatoms. The maximum atomic E-state index is 11.7. The fourth-order valence-electron chi connectivity index (χ4n) is 1.97. The molecular formula is C12H24N2O. The number of hydrogen-bond acceptors (Lipinski definition) is 2. The van der Waals surface area contributed by atoms with Gasteiger partial charge in [-0.3, -0.25) is 4.79 Å². The van der Waals surface area contributed by atoms with Crippen LogP contribution in [-0.4, -0.2) is 29.9 Å². The Bertz CT molecular complexity index is 206. The molecule has 0 bridgehead atoms. The topological polar surface area (TPSA) is 46.3 Å². The fraction of sp³-hybridized carbons (Fsp3) is 0.917. The Balaban J connectivity index is 2.44. The SMILES string of the molecule is CCC(C)C(N)CN1CCCCCC1=O. The van der Waals surface area contributed by atoms with Gasteiger partial charge in [-0.1, -0.05) is 26.7 Å². The van der Waals surface area contributed by atoms with Crippen LogP contribution in [-0.2, 0) is 4.79 Å². The fourth-order valence-corrected chi connectivity index (χ4v) is 1.97. The number of carbonyl (C=O) groups excluding carboxylic acids is 1. The van der Waals surface area contributed by atoms with Gasteiger partial charge in [0, 0.05) is 25.6 Å². The molecule has 1 amide bonds. The van der Waals surface area contributed by atoms with Gasteiger partial charge in [0.15, 0.2) is 0 Å². The molecule has 0 aliphatic carbocycles. The average molecular weight is 212 g/mol. The molecular weight excluding hydrogens is 188 g/mol. The normalized spacial score (nSPS) is 22.3. The molecule has 0 spiro atoms. The quantitative estimate of drug-likeness (QED) is 0.772. The largest absolute Gasteiger partial charge is 0.341 e. The van der Waals surface area contributed by atoms with Gasteiger partial charge in [0.1, 0.15) is 0 Å². The Morgan fingerprint density at radius 1 is 1.40 bits per heavy atom. The lowest BCUT2D eigenvalue weighted by molar-refractivity contribution is -0.131. The van der Waals surface area contributed by atoms with Crippen molar-refractivity contribution in [3.8, 4) is 0 Å². The van der Waals surface area contributed by atoms with Gasteiger partial charge in [-0.2, -0.15) is 0 Å². The molecule has 1 heterocycles. The van der Waals surface area contributed by atoms with Crippen molar-refractivity contribution in [2.45, 2.75) is 52.0 Å². The Labute approximate surface area is 93.0 Å². The summed E-state index contributed by atoms with van der Waals surface area (Å²) in [6, 6.07) is 0.136. The van der Waals surface area contributed by atoms with Crippen LogP contribution < -0.4 is 5.73 Å². The van der Waals surface area contributed by atoms with Crippen LogP contribution in [0.2, 0.25) is 0 Å². The lowest BCUT2D eigenvalue weighted by Gasteiger charge is -2.27. The highest BCUT2D eigenvalue weighted by atomic mass is 16.2. The van der Waals surface area contributed by atoms with Gasteiger partial charge in [0.05, 0.1) is 0 Å². The maximum Gasteiger partial charge on any atom is 0.222 e. The van der Waals surface area contributed by atoms with Crippen LogP contribution in [0.1, 0.15) is 46.0 Å². The van der Waals surface area contributed by atoms with Gasteiger partial charge in [-0.05, 0) is 18.8 Å². The minimum absolute atomic E-state index is 0.136. The van der Waals surface area contributed by atoms with E-state index in [4.69, 9.17) is 5.73 Å². The van der Waals surface area contributed by atoms with Crippen LogP contribution in [0.4, 0.5) is 0 Å². The van der Waals surface area contributed by atoms with E-state index in [-0.39, 0.29) is 6.04 Å². The van der Waals surface area contributed by atoms with E-state index in [1.54, 1.807) is 0 Å². The van der Waals surface area contributed by atoms with E-state index in [1.165, 1.54) is 6.42 Å². The Hall–Kier alpha value is -0.570. The molecule has 1 fully saturated rings. The molecule has 0 saturated carbocycles. The van der Waals surface area contributed by atoms with Crippen LogP contribution in [0.15, 0.2) is 0 Å². The smallest absolute Gasteiger partial charge is 0.222 e. The lowest BCUT2D eigenvalue weighted by atomic mass is 9.99. The van der Waals surface area contributed by atoms with Crippen molar-refractivity contribution in [1.29, 1.82) is 0 Å². The minimum atomic E-state index is 0.136. The molecule has 3 nitrogen and oxygen atoms in total. The zero-order valence-corrected chi connectivity index (χ0v) is 10.0. The van der Waals surface area contributed by atoms with Crippen molar-refractivity contribution in [1.82, 2.24) is 4.90 Å². The molecule has 1 saturated heterocycles. The predicted octanol–water partition coefficient (Wildman–Crippen LogP) is 1.76. The van der Waals surface area contributed by atoms with Crippen molar-refractivity contribution in [3.05, 3.63) is 0 Å². The molecule has 0 radical (unpaired) electrons. The summed E-state index contributed by atoms with van der Waals surface area (Å²) in [5.74, 6) is 0.798. The van der Waals surface area contributed by atoms with Gasteiger partial charge < -0.3 is 10.6 Å². The van der Waals surface area contributed by atoms with Crippen molar-refractivity contribution in [2.75, 3.05) is 13.1 Å². The summed E-state index contributed by atoms with van der Waals surface area (Å²) in [6.07, 6.45) is 5.17. The van der Waals surface area contributed by atoms with Crippen LogP contribution in [0.25, 0.3) is 0 Å². The molecule has 88 valence electrons. The first kappa shape index (κ1) is 12.5. The molecule has 2 N–H and O–H groups in total. The van der Waals surface area contributed by atoms with Gasteiger partial charge in [-0.25, -0.2) is 0 Å². The van der Waals surface area contributed by atoms with Gasteiger partial charge in [0.25, 0.3) is 0 Å². The summed E-state index contributed by atoms with van der Waals surface area (Å²) in [7, 11) is 0. The highest BCUT2D eigenvalue weighted by molar-refractivity contribution is 5.76. The van der Waals surface area contributed by atoms with E-state index in [9.17, 15) is 4.79 Å². The molecule has 0 aromatic rings. The van der Waals surface area contributed by atoms with Crippen molar-refractivity contribution < 1.29 is 4.79 Å². The van der Waals surface area contributed by atoms with Crippen LogP contribution in [0.3, 0.4) is 0 Å². The summed E-state index contributed by atoms with van der Waals surface area (Å²) in [4.78, 5) is 13.7. The molecule has 2 unspecified atom stereocenters. The van der Waals surface area contributed by atoms with Crippen LogP contribution in [0, 0.1) is 5.92 Å². The number of likely N-dealkylation sites (tertiary alicyclic amines) is 1. The molecule has 1 aliphatic rings. The zero-order valence-electron chi connectivity index (χ0n) is 10.0. The second-order valence-corrected chi connectivity index (χ2v) is 4.70. The van der Waals surface area contributed by atoms with E-state index in [0.717, 1.165) is 32.4 Å². The molecule has 1 rings (SSSR count). The highest BCUT2D eigenvalue weighted by Gasteiger charge is 2.20.